The Hall–Kier alpha value is -0.480. The summed E-state index contributed by atoms with van der Waals surface area (Å²) in [5.74, 6) is 0.323. The molecule has 0 aliphatic carbocycles. The molecule has 84 valence electrons. The normalized spacial score (nSPS) is 10.3. The second-order valence-electron chi connectivity index (χ2n) is 3.02. The van der Waals surface area contributed by atoms with Crippen molar-refractivity contribution in [2.75, 3.05) is 25.6 Å². The maximum absolute atomic E-state index is 10.9. The molecule has 0 aliphatic rings. The Morgan fingerprint density at radius 1 is 1.43 bits per heavy atom. The number of alkyl carbamates (subject to hydrolysis) is 1. The van der Waals surface area contributed by atoms with Crippen molar-refractivity contribution in [2.24, 2.45) is 0 Å². The number of alkyl halides is 1. The van der Waals surface area contributed by atoms with Crippen LogP contribution in [0.15, 0.2) is 0 Å². The van der Waals surface area contributed by atoms with E-state index in [1.54, 1.807) is 0 Å². The largest absolute Gasteiger partial charge is 0.448 e. The lowest BCUT2D eigenvalue weighted by atomic mass is 10.4. The first-order valence-corrected chi connectivity index (χ1v) is 5.28. The monoisotopic (exact) mass is 223 g/mol. The third kappa shape index (κ3) is 9.61. The second kappa shape index (κ2) is 9.09. The lowest BCUT2D eigenvalue weighted by Crippen LogP contribution is -2.26. The minimum absolute atomic E-state index is 0.234. The van der Waals surface area contributed by atoms with Crippen molar-refractivity contribution in [3.05, 3.63) is 0 Å². The van der Waals surface area contributed by atoms with E-state index < -0.39 is 6.09 Å². The number of carbonyl (C=O) groups excluding carboxylic acids is 1. The molecule has 0 spiro atoms. The third-order valence-electron chi connectivity index (χ3n) is 1.35. The summed E-state index contributed by atoms with van der Waals surface area (Å²) in [6.07, 6.45) is 0.599. The zero-order valence-electron chi connectivity index (χ0n) is 8.72. The molecule has 0 heterocycles. The van der Waals surface area contributed by atoms with E-state index in [0.717, 1.165) is 6.42 Å². The van der Waals surface area contributed by atoms with Crippen molar-refractivity contribution in [1.29, 1.82) is 0 Å². The van der Waals surface area contributed by atoms with Crippen LogP contribution in [0.4, 0.5) is 4.79 Å². The number of hydrogen-bond donors (Lipinski definition) is 1. The molecule has 0 unspecified atom stereocenters. The Kier molecular flexibility index (Phi) is 8.78. The van der Waals surface area contributed by atoms with Crippen LogP contribution in [0.5, 0.6) is 0 Å². The Bertz CT molecular complexity index is 153. The number of carbonyl (C=O) groups is 1. The first-order chi connectivity index (χ1) is 6.66. The van der Waals surface area contributed by atoms with E-state index >= 15 is 0 Å². The highest BCUT2D eigenvalue weighted by Crippen LogP contribution is 1.89. The molecule has 0 atom stereocenters. The van der Waals surface area contributed by atoms with Crippen molar-refractivity contribution in [2.45, 2.75) is 26.4 Å². The molecule has 0 saturated carbocycles. The summed E-state index contributed by atoms with van der Waals surface area (Å²) in [4.78, 5) is 10.9. The highest BCUT2D eigenvalue weighted by molar-refractivity contribution is 6.18. The van der Waals surface area contributed by atoms with Crippen molar-refractivity contribution < 1.29 is 14.3 Å². The van der Waals surface area contributed by atoms with Gasteiger partial charge < -0.3 is 14.8 Å². The predicted molar refractivity (Wildman–Crippen MR) is 55.8 cm³/mol. The molecule has 0 aromatic rings. The Morgan fingerprint density at radius 2 is 2.14 bits per heavy atom. The van der Waals surface area contributed by atoms with Gasteiger partial charge in [0.1, 0.15) is 6.61 Å². The average molecular weight is 224 g/mol. The molecule has 14 heavy (non-hydrogen) atoms. The molecule has 0 bridgehead atoms. The minimum atomic E-state index is -0.421. The Balaban J connectivity index is 3.15. The Morgan fingerprint density at radius 3 is 2.71 bits per heavy atom. The lowest BCUT2D eigenvalue weighted by Gasteiger charge is -2.08. The summed E-state index contributed by atoms with van der Waals surface area (Å²) in [6, 6.07) is 0. The van der Waals surface area contributed by atoms with Crippen LogP contribution >= 0.6 is 11.6 Å². The van der Waals surface area contributed by atoms with Crippen LogP contribution in [0.1, 0.15) is 20.3 Å². The van der Waals surface area contributed by atoms with Crippen LogP contribution < -0.4 is 5.32 Å². The topological polar surface area (TPSA) is 47.6 Å². The summed E-state index contributed by atoms with van der Waals surface area (Å²) >= 11 is 5.34. The molecule has 0 aliphatic heterocycles. The highest BCUT2D eigenvalue weighted by Gasteiger charge is 1.99. The zero-order valence-corrected chi connectivity index (χ0v) is 9.47. The van der Waals surface area contributed by atoms with Crippen molar-refractivity contribution >= 4 is 17.7 Å². The number of nitrogens with one attached hydrogen (secondary N) is 1. The fourth-order valence-corrected chi connectivity index (χ4v) is 0.841. The van der Waals surface area contributed by atoms with Crippen LogP contribution in [-0.4, -0.2) is 37.8 Å². The summed E-state index contributed by atoms with van der Waals surface area (Å²) in [6.45, 7) is 5.40. The maximum atomic E-state index is 10.9. The first kappa shape index (κ1) is 13.5. The van der Waals surface area contributed by atoms with E-state index in [1.807, 2.05) is 13.8 Å². The summed E-state index contributed by atoms with van der Waals surface area (Å²) in [5.41, 5.74) is 0. The smallest absolute Gasteiger partial charge is 0.407 e. The van der Waals surface area contributed by atoms with Gasteiger partial charge in [-0.05, 0) is 20.3 Å². The first-order valence-electron chi connectivity index (χ1n) is 4.75. The third-order valence-corrected chi connectivity index (χ3v) is 1.51. The number of halogens is 1. The summed E-state index contributed by atoms with van der Waals surface area (Å²) in [5, 5.41) is 2.59. The van der Waals surface area contributed by atoms with Crippen LogP contribution in [0.3, 0.4) is 0 Å². The molecule has 5 heteroatoms. The molecule has 0 radical (unpaired) electrons. The molecule has 0 fully saturated rings. The van der Waals surface area contributed by atoms with Gasteiger partial charge in [0.15, 0.2) is 0 Å². The van der Waals surface area contributed by atoms with Gasteiger partial charge in [-0.1, -0.05) is 0 Å². The van der Waals surface area contributed by atoms with Crippen LogP contribution in [0, 0.1) is 0 Å². The molecular weight excluding hydrogens is 206 g/mol. The number of rotatable bonds is 7. The van der Waals surface area contributed by atoms with E-state index in [4.69, 9.17) is 21.1 Å². The second-order valence-corrected chi connectivity index (χ2v) is 3.40. The lowest BCUT2D eigenvalue weighted by molar-refractivity contribution is 0.0766. The summed E-state index contributed by atoms with van der Waals surface area (Å²) in [7, 11) is 0. The number of hydrogen-bond acceptors (Lipinski definition) is 3. The van der Waals surface area contributed by atoms with Crippen LogP contribution in [0.25, 0.3) is 0 Å². The van der Waals surface area contributed by atoms with Crippen LogP contribution in [0.2, 0.25) is 0 Å². The molecule has 0 aromatic carbocycles. The van der Waals surface area contributed by atoms with Gasteiger partial charge in [-0.15, -0.1) is 11.6 Å². The number of ether oxygens (including phenoxy) is 2. The van der Waals surface area contributed by atoms with Gasteiger partial charge in [-0.25, -0.2) is 4.79 Å². The molecule has 0 saturated heterocycles. The van der Waals surface area contributed by atoms with Gasteiger partial charge in [-0.2, -0.15) is 0 Å². The SMILES string of the molecule is CC(C)OCCCNC(=O)OCCCl. The van der Waals surface area contributed by atoms with Crippen molar-refractivity contribution in [1.82, 2.24) is 5.32 Å². The minimum Gasteiger partial charge on any atom is -0.448 e. The molecule has 1 N–H and O–H groups in total. The zero-order chi connectivity index (χ0) is 10.8. The van der Waals surface area contributed by atoms with Crippen molar-refractivity contribution in [3.63, 3.8) is 0 Å². The summed E-state index contributed by atoms with van der Waals surface area (Å²) < 4.78 is 9.99. The molecular formula is C9H18ClNO3. The van der Waals surface area contributed by atoms with E-state index in [1.165, 1.54) is 0 Å². The molecule has 1 amide bonds. The fraction of sp³-hybridized carbons (Fsp3) is 0.889. The standard InChI is InChI=1S/C9H18ClNO3/c1-8(2)13-6-3-5-11-9(12)14-7-4-10/h8H,3-7H2,1-2H3,(H,11,12). The van der Waals surface area contributed by atoms with E-state index in [-0.39, 0.29) is 12.7 Å². The molecule has 4 nitrogen and oxygen atoms in total. The highest BCUT2D eigenvalue weighted by atomic mass is 35.5. The van der Waals surface area contributed by atoms with E-state index in [2.05, 4.69) is 5.32 Å². The van der Waals surface area contributed by atoms with Gasteiger partial charge in [0.2, 0.25) is 0 Å². The van der Waals surface area contributed by atoms with Gasteiger partial charge in [0.25, 0.3) is 0 Å². The van der Waals surface area contributed by atoms with Crippen LogP contribution in [-0.2, 0) is 9.47 Å². The van der Waals surface area contributed by atoms with Crippen molar-refractivity contribution in [3.8, 4) is 0 Å². The predicted octanol–water partition coefficient (Wildman–Crippen LogP) is 1.77. The quantitative estimate of drug-likeness (QED) is 0.529. The van der Waals surface area contributed by atoms with E-state index in [0.29, 0.717) is 19.0 Å². The Labute approximate surface area is 89.9 Å². The van der Waals surface area contributed by atoms with Gasteiger partial charge in [-0.3, -0.25) is 0 Å². The molecule has 0 aromatic heterocycles. The van der Waals surface area contributed by atoms with Gasteiger partial charge in [0, 0.05) is 13.2 Å². The average Bonchev–Trinajstić information content (AvgIpc) is 2.13. The van der Waals surface area contributed by atoms with Gasteiger partial charge in [0.05, 0.1) is 12.0 Å². The maximum Gasteiger partial charge on any atom is 0.407 e. The van der Waals surface area contributed by atoms with Gasteiger partial charge >= 0.3 is 6.09 Å². The molecule has 0 rings (SSSR count). The number of amides is 1. The van der Waals surface area contributed by atoms with E-state index in [9.17, 15) is 4.79 Å². The fourth-order valence-electron chi connectivity index (χ4n) is 0.764.